The normalized spacial score (nSPS) is 10.8. The molecule has 1 heterocycles. The molecule has 0 bridgehead atoms. The van der Waals surface area contributed by atoms with Gasteiger partial charge in [0.25, 0.3) is 0 Å². The Balaban J connectivity index is 2.75. The highest BCUT2D eigenvalue weighted by Crippen LogP contribution is 2.35. The molecule has 1 aromatic heterocycles. The second kappa shape index (κ2) is 3.81. The average Bonchev–Trinajstić information content (AvgIpc) is 2.56. The summed E-state index contributed by atoms with van der Waals surface area (Å²) in [5, 5.41) is 10.3. The summed E-state index contributed by atoms with van der Waals surface area (Å²) >= 11 is 5.89. The molecule has 14 heavy (non-hydrogen) atoms. The van der Waals surface area contributed by atoms with Gasteiger partial charge in [-0.2, -0.15) is 0 Å². The highest BCUT2D eigenvalue weighted by molar-refractivity contribution is 7.83. The van der Waals surface area contributed by atoms with Crippen LogP contribution >= 0.6 is 24.0 Å². The van der Waals surface area contributed by atoms with Crippen molar-refractivity contribution in [1.29, 1.82) is 0 Å². The quantitative estimate of drug-likeness (QED) is 0.771. The first kappa shape index (κ1) is 9.83. The third-order valence-corrected chi connectivity index (χ3v) is 3.44. The number of thiol groups is 1. The largest absolute Gasteiger partial charge is 0.496 e. The summed E-state index contributed by atoms with van der Waals surface area (Å²) in [6.45, 7) is -0.00946. The molecule has 4 heteroatoms. The summed E-state index contributed by atoms with van der Waals surface area (Å²) < 4.78 is 7.25. The number of ether oxygens (including phenoxy) is 1. The first-order valence-corrected chi connectivity index (χ1v) is 5.42. The van der Waals surface area contributed by atoms with Crippen molar-refractivity contribution < 1.29 is 9.84 Å². The summed E-state index contributed by atoms with van der Waals surface area (Å²) in [6, 6.07) is 5.81. The third kappa shape index (κ3) is 1.49. The smallest absolute Gasteiger partial charge is 0.125 e. The van der Waals surface area contributed by atoms with Crippen LogP contribution in [-0.2, 0) is 6.61 Å². The van der Waals surface area contributed by atoms with Gasteiger partial charge in [0.15, 0.2) is 0 Å². The van der Waals surface area contributed by atoms with E-state index in [4.69, 9.17) is 4.74 Å². The number of fused-ring (bicyclic) bond motifs is 1. The Morgan fingerprint density at radius 3 is 2.93 bits per heavy atom. The number of hydrogen-bond acceptors (Lipinski definition) is 4. The third-order valence-electron chi connectivity index (χ3n) is 2.13. The van der Waals surface area contributed by atoms with Crippen LogP contribution in [0.4, 0.5) is 0 Å². The summed E-state index contributed by atoms with van der Waals surface area (Å²) in [6.07, 6.45) is 0. The lowest BCUT2D eigenvalue weighted by molar-refractivity contribution is 0.275. The maximum absolute atomic E-state index is 9.26. The van der Waals surface area contributed by atoms with E-state index in [1.807, 2.05) is 18.2 Å². The van der Waals surface area contributed by atoms with Crippen molar-refractivity contribution in [3.63, 3.8) is 0 Å². The minimum Gasteiger partial charge on any atom is -0.496 e. The lowest BCUT2D eigenvalue weighted by Gasteiger charge is -2.06. The Morgan fingerprint density at radius 1 is 1.50 bits per heavy atom. The molecule has 0 aliphatic heterocycles. The molecule has 0 saturated carbocycles. The average molecular weight is 226 g/mol. The molecule has 0 spiro atoms. The Bertz CT molecular complexity index is 462. The van der Waals surface area contributed by atoms with Crippen LogP contribution in [0.1, 0.15) is 5.56 Å². The van der Waals surface area contributed by atoms with Crippen molar-refractivity contribution in [2.24, 2.45) is 0 Å². The predicted molar refractivity (Wildman–Crippen MR) is 61.6 cm³/mol. The van der Waals surface area contributed by atoms with E-state index >= 15 is 0 Å². The highest BCUT2D eigenvalue weighted by Gasteiger charge is 2.09. The lowest BCUT2D eigenvalue weighted by atomic mass is 10.1. The predicted octanol–water partition coefficient (Wildman–Crippen LogP) is 2.69. The molecule has 1 N–H and O–H groups in total. The first-order chi connectivity index (χ1) is 6.76. The number of thiophene rings is 1. The van der Waals surface area contributed by atoms with Crippen molar-refractivity contribution in [2.75, 3.05) is 7.11 Å². The van der Waals surface area contributed by atoms with Gasteiger partial charge in [0.05, 0.1) is 17.9 Å². The molecule has 2 nitrogen and oxygen atoms in total. The Kier molecular flexibility index (Phi) is 2.67. The monoisotopic (exact) mass is 226 g/mol. The van der Waals surface area contributed by atoms with Gasteiger partial charge in [-0.25, -0.2) is 0 Å². The van der Waals surface area contributed by atoms with Gasteiger partial charge in [-0.1, -0.05) is 0 Å². The number of hydrogen-bond donors (Lipinski definition) is 2. The molecule has 1 aromatic carbocycles. The van der Waals surface area contributed by atoms with Gasteiger partial charge in [-0.05, 0) is 18.2 Å². The van der Waals surface area contributed by atoms with Gasteiger partial charge in [0.2, 0.25) is 0 Å². The van der Waals surface area contributed by atoms with E-state index in [0.717, 1.165) is 25.6 Å². The second-order valence-electron chi connectivity index (χ2n) is 2.90. The zero-order chi connectivity index (χ0) is 10.1. The minimum absolute atomic E-state index is 0.00946. The topological polar surface area (TPSA) is 29.5 Å². The molecule has 0 aliphatic carbocycles. The molecular formula is C10H10O2S2. The number of benzene rings is 1. The van der Waals surface area contributed by atoms with E-state index in [2.05, 4.69) is 12.6 Å². The van der Waals surface area contributed by atoms with Crippen LogP contribution in [0.3, 0.4) is 0 Å². The molecule has 74 valence electrons. The maximum atomic E-state index is 9.26. The van der Waals surface area contributed by atoms with Crippen LogP contribution in [-0.4, -0.2) is 12.2 Å². The van der Waals surface area contributed by atoms with Crippen LogP contribution in [0.15, 0.2) is 22.4 Å². The molecule has 0 amide bonds. The minimum atomic E-state index is -0.00946. The van der Waals surface area contributed by atoms with Crippen LogP contribution < -0.4 is 4.74 Å². The van der Waals surface area contributed by atoms with E-state index in [1.165, 1.54) is 0 Å². The van der Waals surface area contributed by atoms with Crippen LogP contribution in [0.25, 0.3) is 10.1 Å². The summed E-state index contributed by atoms with van der Waals surface area (Å²) in [4.78, 5) is 0. The molecule has 0 aliphatic rings. The number of rotatable bonds is 2. The molecule has 2 aromatic rings. The fraction of sp³-hybridized carbons (Fsp3) is 0.200. The highest BCUT2D eigenvalue weighted by atomic mass is 32.2. The van der Waals surface area contributed by atoms with E-state index in [1.54, 1.807) is 18.4 Å². The maximum Gasteiger partial charge on any atom is 0.125 e. The molecule has 0 atom stereocenters. The SMILES string of the molecule is COc1ccc2sc(S)cc2c1CO. The van der Waals surface area contributed by atoms with E-state index in [9.17, 15) is 5.11 Å². The summed E-state index contributed by atoms with van der Waals surface area (Å²) in [5.41, 5.74) is 0.835. The van der Waals surface area contributed by atoms with Gasteiger partial charge < -0.3 is 9.84 Å². The van der Waals surface area contributed by atoms with Crippen molar-refractivity contribution in [2.45, 2.75) is 10.8 Å². The Morgan fingerprint density at radius 2 is 2.29 bits per heavy atom. The van der Waals surface area contributed by atoms with Crippen LogP contribution in [0.2, 0.25) is 0 Å². The van der Waals surface area contributed by atoms with Crippen LogP contribution in [0, 0.1) is 0 Å². The van der Waals surface area contributed by atoms with Crippen molar-refractivity contribution in [1.82, 2.24) is 0 Å². The number of methoxy groups -OCH3 is 1. The molecule has 2 rings (SSSR count). The fourth-order valence-electron chi connectivity index (χ4n) is 1.49. The molecule has 0 radical (unpaired) electrons. The van der Waals surface area contributed by atoms with Crippen molar-refractivity contribution in [3.05, 3.63) is 23.8 Å². The molecule has 0 fully saturated rings. The van der Waals surface area contributed by atoms with Gasteiger partial charge in [0, 0.05) is 15.6 Å². The van der Waals surface area contributed by atoms with Gasteiger partial charge >= 0.3 is 0 Å². The van der Waals surface area contributed by atoms with Gasteiger partial charge in [0.1, 0.15) is 5.75 Å². The molecular weight excluding hydrogens is 216 g/mol. The zero-order valence-corrected chi connectivity index (χ0v) is 9.36. The summed E-state index contributed by atoms with van der Waals surface area (Å²) in [5.74, 6) is 0.728. The lowest BCUT2D eigenvalue weighted by Crippen LogP contribution is -1.91. The van der Waals surface area contributed by atoms with Crippen LogP contribution in [0.5, 0.6) is 5.75 Å². The zero-order valence-electron chi connectivity index (χ0n) is 7.65. The van der Waals surface area contributed by atoms with E-state index in [-0.39, 0.29) is 6.61 Å². The van der Waals surface area contributed by atoms with Gasteiger partial charge in [-0.15, -0.1) is 24.0 Å². The molecule has 0 unspecified atom stereocenters. The second-order valence-corrected chi connectivity index (χ2v) is 4.77. The summed E-state index contributed by atoms with van der Waals surface area (Å²) in [7, 11) is 1.61. The molecule has 0 saturated heterocycles. The number of aliphatic hydroxyl groups is 1. The standard InChI is InChI=1S/C10H10O2S2/c1-12-8-2-3-9-6(7(8)5-11)4-10(13)14-9/h2-4,11,13H,5H2,1H3. The van der Waals surface area contributed by atoms with Crippen molar-refractivity contribution in [3.8, 4) is 5.75 Å². The van der Waals surface area contributed by atoms with E-state index in [0.29, 0.717) is 0 Å². The van der Waals surface area contributed by atoms with Gasteiger partial charge in [-0.3, -0.25) is 0 Å². The fourth-order valence-corrected chi connectivity index (χ4v) is 2.74. The Hall–Kier alpha value is -0.710. The Labute approximate surface area is 91.5 Å². The van der Waals surface area contributed by atoms with Crippen molar-refractivity contribution >= 4 is 34.1 Å². The first-order valence-electron chi connectivity index (χ1n) is 4.15. The number of aliphatic hydroxyl groups excluding tert-OH is 1. The van der Waals surface area contributed by atoms with E-state index < -0.39 is 0 Å².